The minimum atomic E-state index is -0.181. The lowest BCUT2D eigenvalue weighted by Gasteiger charge is -2.28. The molecule has 1 saturated carbocycles. The van der Waals surface area contributed by atoms with Crippen LogP contribution in [-0.4, -0.2) is 74.2 Å². The fourth-order valence-corrected chi connectivity index (χ4v) is 2.93. The standard InChI is InChI=1S/C15H29N3O2/c1-4-20-15(19)14(16-12-7-8-12)11-17(2)10-13-6-5-9-18(13)3/h12-14,16H,4-11H2,1-3H3. The first-order valence-corrected chi connectivity index (χ1v) is 7.91. The number of carbonyl (C=O) groups excluding carboxylic acids is 1. The monoisotopic (exact) mass is 283 g/mol. The van der Waals surface area contributed by atoms with Crippen molar-refractivity contribution < 1.29 is 9.53 Å². The molecule has 5 heteroatoms. The maximum atomic E-state index is 12.0. The van der Waals surface area contributed by atoms with Gasteiger partial charge in [-0.05, 0) is 53.2 Å². The van der Waals surface area contributed by atoms with Gasteiger partial charge >= 0.3 is 5.97 Å². The second-order valence-corrected chi connectivity index (χ2v) is 6.24. The van der Waals surface area contributed by atoms with E-state index in [2.05, 4.69) is 29.2 Å². The Morgan fingerprint density at radius 3 is 2.75 bits per heavy atom. The maximum Gasteiger partial charge on any atom is 0.324 e. The summed E-state index contributed by atoms with van der Waals surface area (Å²) < 4.78 is 5.19. The van der Waals surface area contributed by atoms with Gasteiger partial charge in [-0.3, -0.25) is 4.79 Å². The zero-order valence-electron chi connectivity index (χ0n) is 13.1. The molecule has 2 fully saturated rings. The Balaban J connectivity index is 1.80. The summed E-state index contributed by atoms with van der Waals surface area (Å²) in [5.41, 5.74) is 0. The number of carbonyl (C=O) groups is 1. The molecule has 0 aromatic rings. The van der Waals surface area contributed by atoms with Crippen molar-refractivity contribution in [1.29, 1.82) is 0 Å². The molecular formula is C15H29N3O2. The Morgan fingerprint density at radius 1 is 1.45 bits per heavy atom. The lowest BCUT2D eigenvalue weighted by Crippen LogP contribution is -2.49. The summed E-state index contributed by atoms with van der Waals surface area (Å²) in [6, 6.07) is 0.967. The van der Waals surface area contributed by atoms with Crippen LogP contribution >= 0.6 is 0 Å². The van der Waals surface area contributed by atoms with Crippen LogP contribution in [0.4, 0.5) is 0 Å². The molecular weight excluding hydrogens is 254 g/mol. The van der Waals surface area contributed by atoms with E-state index in [0.717, 1.165) is 13.1 Å². The third-order valence-electron chi connectivity index (χ3n) is 4.27. The number of ether oxygens (including phenoxy) is 1. The van der Waals surface area contributed by atoms with Crippen molar-refractivity contribution in [3.05, 3.63) is 0 Å². The fraction of sp³-hybridized carbons (Fsp3) is 0.933. The van der Waals surface area contributed by atoms with E-state index >= 15 is 0 Å². The first-order valence-electron chi connectivity index (χ1n) is 7.91. The van der Waals surface area contributed by atoms with Gasteiger partial charge in [0.2, 0.25) is 0 Å². The molecule has 2 atom stereocenters. The summed E-state index contributed by atoms with van der Waals surface area (Å²) in [5.74, 6) is -0.106. The van der Waals surface area contributed by atoms with E-state index in [9.17, 15) is 4.79 Å². The van der Waals surface area contributed by atoms with Crippen molar-refractivity contribution >= 4 is 5.97 Å². The lowest BCUT2D eigenvalue weighted by molar-refractivity contribution is -0.146. The summed E-state index contributed by atoms with van der Waals surface area (Å²) >= 11 is 0. The average Bonchev–Trinajstić information content (AvgIpc) is 3.13. The molecule has 0 aromatic heterocycles. The molecule has 0 radical (unpaired) electrons. The highest BCUT2D eigenvalue weighted by Crippen LogP contribution is 2.20. The van der Waals surface area contributed by atoms with Crippen molar-refractivity contribution in [3.8, 4) is 0 Å². The normalized spacial score (nSPS) is 25.1. The second-order valence-electron chi connectivity index (χ2n) is 6.24. The topological polar surface area (TPSA) is 44.8 Å². The van der Waals surface area contributed by atoms with Crippen LogP contribution in [0.3, 0.4) is 0 Å². The van der Waals surface area contributed by atoms with Gasteiger partial charge in [0.05, 0.1) is 6.61 Å². The minimum Gasteiger partial charge on any atom is -0.465 e. The van der Waals surface area contributed by atoms with Crippen LogP contribution in [0, 0.1) is 0 Å². The molecule has 5 nitrogen and oxygen atoms in total. The van der Waals surface area contributed by atoms with E-state index < -0.39 is 0 Å². The molecule has 1 aliphatic heterocycles. The zero-order chi connectivity index (χ0) is 14.5. The number of nitrogens with one attached hydrogen (secondary N) is 1. The average molecular weight is 283 g/mol. The summed E-state index contributed by atoms with van der Waals surface area (Å²) in [4.78, 5) is 16.7. The second kappa shape index (κ2) is 7.38. The van der Waals surface area contributed by atoms with Gasteiger partial charge in [-0.2, -0.15) is 0 Å². The number of hydrogen-bond acceptors (Lipinski definition) is 5. The number of hydrogen-bond donors (Lipinski definition) is 1. The van der Waals surface area contributed by atoms with Crippen LogP contribution in [0.15, 0.2) is 0 Å². The molecule has 0 bridgehead atoms. The van der Waals surface area contributed by atoms with E-state index in [1.165, 1.54) is 32.2 Å². The van der Waals surface area contributed by atoms with Gasteiger partial charge in [-0.15, -0.1) is 0 Å². The number of likely N-dealkylation sites (N-methyl/N-ethyl adjacent to an activating group) is 2. The van der Waals surface area contributed by atoms with Gasteiger partial charge in [0.25, 0.3) is 0 Å². The van der Waals surface area contributed by atoms with Crippen LogP contribution < -0.4 is 5.32 Å². The Morgan fingerprint density at radius 2 is 2.20 bits per heavy atom. The van der Waals surface area contributed by atoms with Gasteiger partial charge in [0.15, 0.2) is 0 Å². The van der Waals surface area contributed by atoms with Gasteiger partial charge < -0.3 is 19.9 Å². The van der Waals surface area contributed by atoms with Crippen molar-refractivity contribution in [2.75, 3.05) is 40.3 Å². The first-order chi connectivity index (χ1) is 9.60. The zero-order valence-corrected chi connectivity index (χ0v) is 13.1. The van der Waals surface area contributed by atoms with Crippen LogP contribution in [0.2, 0.25) is 0 Å². The molecule has 2 aliphatic rings. The minimum absolute atomic E-state index is 0.106. The number of nitrogens with zero attached hydrogens (tertiary/aromatic N) is 2. The van der Waals surface area contributed by atoms with Crippen LogP contribution in [-0.2, 0) is 9.53 Å². The molecule has 1 heterocycles. The molecule has 0 amide bonds. The summed E-state index contributed by atoms with van der Waals surface area (Å²) in [6.45, 7) is 5.28. The van der Waals surface area contributed by atoms with Gasteiger partial charge in [0, 0.05) is 25.2 Å². The molecule has 116 valence electrons. The highest BCUT2D eigenvalue weighted by molar-refractivity contribution is 5.76. The molecule has 1 saturated heterocycles. The van der Waals surface area contributed by atoms with Crippen LogP contribution in [0.1, 0.15) is 32.6 Å². The first kappa shape index (κ1) is 15.7. The Bertz CT molecular complexity index is 320. The SMILES string of the molecule is CCOC(=O)C(CN(C)CC1CCCN1C)NC1CC1. The van der Waals surface area contributed by atoms with Crippen molar-refractivity contribution in [2.45, 2.75) is 50.7 Å². The smallest absolute Gasteiger partial charge is 0.324 e. The molecule has 0 aromatic carbocycles. The van der Waals surface area contributed by atoms with E-state index in [4.69, 9.17) is 4.74 Å². The van der Waals surface area contributed by atoms with Crippen LogP contribution in [0.25, 0.3) is 0 Å². The Kier molecular flexibility index (Phi) is 5.81. The largest absolute Gasteiger partial charge is 0.465 e. The van der Waals surface area contributed by atoms with Crippen molar-refractivity contribution in [1.82, 2.24) is 15.1 Å². The third-order valence-corrected chi connectivity index (χ3v) is 4.27. The number of rotatable bonds is 8. The predicted octanol–water partition coefficient (Wildman–Crippen LogP) is 0.696. The van der Waals surface area contributed by atoms with Gasteiger partial charge in [-0.25, -0.2) is 0 Å². The van der Waals surface area contributed by atoms with Crippen molar-refractivity contribution in [3.63, 3.8) is 0 Å². The van der Waals surface area contributed by atoms with E-state index in [0.29, 0.717) is 18.7 Å². The molecule has 1 aliphatic carbocycles. The van der Waals surface area contributed by atoms with Crippen LogP contribution in [0.5, 0.6) is 0 Å². The summed E-state index contributed by atoms with van der Waals surface area (Å²) in [7, 11) is 4.30. The maximum absolute atomic E-state index is 12.0. The molecule has 2 rings (SSSR count). The molecule has 20 heavy (non-hydrogen) atoms. The number of likely N-dealkylation sites (tertiary alicyclic amines) is 1. The molecule has 2 unspecified atom stereocenters. The van der Waals surface area contributed by atoms with E-state index in [1.54, 1.807) is 0 Å². The molecule has 1 N–H and O–H groups in total. The van der Waals surface area contributed by atoms with Crippen molar-refractivity contribution in [2.24, 2.45) is 0 Å². The summed E-state index contributed by atoms with van der Waals surface area (Å²) in [6.07, 6.45) is 4.92. The van der Waals surface area contributed by atoms with Gasteiger partial charge in [0.1, 0.15) is 6.04 Å². The summed E-state index contributed by atoms with van der Waals surface area (Å²) in [5, 5.41) is 3.41. The van der Waals surface area contributed by atoms with Gasteiger partial charge in [-0.1, -0.05) is 0 Å². The fourth-order valence-electron chi connectivity index (χ4n) is 2.93. The quantitative estimate of drug-likeness (QED) is 0.664. The Labute approximate surface area is 122 Å². The predicted molar refractivity (Wildman–Crippen MR) is 79.7 cm³/mol. The Hall–Kier alpha value is -0.650. The third kappa shape index (κ3) is 4.72. The van der Waals surface area contributed by atoms with E-state index in [1.807, 2.05) is 6.92 Å². The molecule has 0 spiro atoms. The highest BCUT2D eigenvalue weighted by atomic mass is 16.5. The highest BCUT2D eigenvalue weighted by Gasteiger charge is 2.31. The van der Waals surface area contributed by atoms with E-state index in [-0.39, 0.29) is 12.0 Å². The number of esters is 1. The lowest BCUT2D eigenvalue weighted by atomic mass is 10.2.